The van der Waals surface area contributed by atoms with Crippen LogP contribution < -0.4 is 9.64 Å². The van der Waals surface area contributed by atoms with Gasteiger partial charge in [0.1, 0.15) is 41.7 Å². The van der Waals surface area contributed by atoms with Crippen molar-refractivity contribution >= 4 is 40.7 Å². The minimum absolute atomic E-state index is 0.00441. The Bertz CT molecular complexity index is 1410. The zero-order chi connectivity index (χ0) is 41.3. The van der Waals surface area contributed by atoms with Gasteiger partial charge in [0.05, 0.1) is 30.5 Å². The molecule has 2 rings (SSSR count). The van der Waals surface area contributed by atoms with E-state index in [9.17, 15) is 19.2 Å². The summed E-state index contributed by atoms with van der Waals surface area (Å²) in [5, 5.41) is 0. The van der Waals surface area contributed by atoms with Crippen molar-refractivity contribution in [1.29, 1.82) is 0 Å². The highest BCUT2D eigenvalue weighted by Gasteiger charge is 2.50. The lowest BCUT2D eigenvalue weighted by Crippen LogP contribution is -2.66. The second-order valence-corrected chi connectivity index (χ2v) is 16.7. The van der Waals surface area contributed by atoms with Crippen LogP contribution in [0.25, 0.3) is 0 Å². The number of rotatable bonds is 24. The predicted octanol–water partition coefficient (Wildman–Crippen LogP) is 6.43. The quantitative estimate of drug-likeness (QED) is 0.114. The van der Waals surface area contributed by atoms with E-state index in [1.54, 1.807) is 34.6 Å². The Balaban J connectivity index is 2.64. The van der Waals surface area contributed by atoms with Gasteiger partial charge >= 0.3 is 0 Å². The van der Waals surface area contributed by atoms with Gasteiger partial charge < -0.3 is 28.6 Å². The molecule has 0 bridgehead atoms. The van der Waals surface area contributed by atoms with Crippen molar-refractivity contribution in [3.63, 3.8) is 0 Å². The lowest BCUT2D eigenvalue weighted by atomic mass is 9.79. The summed E-state index contributed by atoms with van der Waals surface area (Å²) in [6.45, 7) is 29.8. The van der Waals surface area contributed by atoms with Gasteiger partial charge in [-0.2, -0.15) is 4.37 Å². The fraction of sp³-hybridized carbons (Fsp3) is 0.850. The van der Waals surface area contributed by atoms with Crippen LogP contribution in [0.2, 0.25) is 0 Å². The summed E-state index contributed by atoms with van der Waals surface area (Å²) in [4.78, 5) is 58.4. The number of anilines is 1. The summed E-state index contributed by atoms with van der Waals surface area (Å²) in [5.41, 5.74) is -5.18. The molecule has 1 aromatic rings. The molecular formula is C40H70N4O9S. The molecule has 1 fully saturated rings. The number of morpholine rings is 1. The molecule has 310 valence electrons. The normalized spacial score (nSPS) is 19.3. The van der Waals surface area contributed by atoms with Gasteiger partial charge in [0.15, 0.2) is 23.1 Å². The topological polar surface area (TPSA) is 147 Å². The Kier molecular flexibility index (Phi) is 17.4. The molecule has 0 aliphatic carbocycles. The maximum absolute atomic E-state index is 14.8. The maximum Gasteiger partial charge on any atom is 0.270 e. The van der Waals surface area contributed by atoms with Crippen molar-refractivity contribution in [2.75, 3.05) is 44.4 Å². The average Bonchev–Trinajstić information content (AvgIpc) is 3.61. The Morgan fingerprint density at radius 3 is 1.65 bits per heavy atom. The monoisotopic (exact) mass is 782 g/mol. The molecule has 2 heterocycles. The molecule has 0 radical (unpaired) electrons. The van der Waals surface area contributed by atoms with Crippen LogP contribution in [0, 0.1) is 0 Å². The van der Waals surface area contributed by atoms with Crippen LogP contribution in [-0.2, 0) is 38.1 Å². The number of nitrogens with zero attached hydrogens (tertiary/aromatic N) is 4. The molecule has 54 heavy (non-hydrogen) atoms. The molecule has 1 aliphatic rings. The summed E-state index contributed by atoms with van der Waals surface area (Å²) in [7, 11) is 0. The van der Waals surface area contributed by atoms with Crippen LogP contribution in [0.15, 0.2) is 0 Å². The molecule has 0 saturated carbocycles. The van der Waals surface area contributed by atoms with E-state index in [1.165, 1.54) is 13.8 Å². The number of ether oxygens (including phenoxy) is 5. The second kappa shape index (κ2) is 19.7. The molecular weight excluding hydrogens is 713 g/mol. The Hall–Kier alpha value is -2.36. The Morgan fingerprint density at radius 2 is 1.22 bits per heavy atom. The number of aromatic nitrogens is 2. The van der Waals surface area contributed by atoms with Crippen molar-refractivity contribution in [3.05, 3.63) is 0 Å². The van der Waals surface area contributed by atoms with E-state index in [0.29, 0.717) is 70.1 Å². The number of ketones is 4. The van der Waals surface area contributed by atoms with Crippen LogP contribution in [0.1, 0.15) is 136 Å². The van der Waals surface area contributed by atoms with Gasteiger partial charge in [-0.15, -0.1) is 4.37 Å². The highest BCUT2D eigenvalue weighted by molar-refractivity contribution is 6.99. The van der Waals surface area contributed by atoms with Crippen molar-refractivity contribution < 1.29 is 42.9 Å². The summed E-state index contributed by atoms with van der Waals surface area (Å²) in [6, 6.07) is 0. The van der Waals surface area contributed by atoms with Gasteiger partial charge in [-0.1, -0.05) is 34.6 Å². The van der Waals surface area contributed by atoms with E-state index in [2.05, 4.69) is 18.5 Å². The molecule has 1 aliphatic heterocycles. The molecule has 1 aromatic heterocycles. The summed E-state index contributed by atoms with van der Waals surface area (Å²) in [5.74, 6) is 0.235. The molecule has 0 spiro atoms. The number of carbonyl (C=O) groups is 4. The lowest BCUT2D eigenvalue weighted by molar-refractivity contribution is -0.182. The highest BCUT2D eigenvalue weighted by atomic mass is 32.1. The van der Waals surface area contributed by atoms with E-state index < -0.39 is 46.2 Å². The van der Waals surface area contributed by atoms with E-state index in [0.717, 1.165) is 11.7 Å². The third kappa shape index (κ3) is 11.1. The van der Waals surface area contributed by atoms with Crippen LogP contribution >= 0.6 is 11.7 Å². The molecule has 0 aromatic carbocycles. The number of hydrogen-bond donors (Lipinski definition) is 0. The van der Waals surface area contributed by atoms with Crippen LogP contribution in [-0.4, -0.2) is 122 Å². The molecule has 13 nitrogen and oxygen atoms in total. The molecule has 0 N–H and O–H groups in total. The number of carbonyl (C=O) groups excluding carboxylic acids is 4. The van der Waals surface area contributed by atoms with Crippen molar-refractivity contribution in [1.82, 2.24) is 13.6 Å². The van der Waals surface area contributed by atoms with E-state index in [4.69, 9.17) is 23.7 Å². The van der Waals surface area contributed by atoms with Crippen LogP contribution in [0.3, 0.4) is 0 Å². The average molecular weight is 783 g/mol. The van der Waals surface area contributed by atoms with E-state index in [-0.39, 0.29) is 36.3 Å². The second-order valence-electron chi connectivity index (χ2n) is 16.2. The molecule has 6 atom stereocenters. The van der Waals surface area contributed by atoms with Crippen LogP contribution in [0.4, 0.5) is 5.82 Å². The summed E-state index contributed by atoms with van der Waals surface area (Å²) < 4.78 is 40.3. The first-order valence-electron chi connectivity index (χ1n) is 19.7. The van der Waals surface area contributed by atoms with Gasteiger partial charge in [0.25, 0.3) is 5.88 Å². The van der Waals surface area contributed by atoms with Crippen LogP contribution in [0.5, 0.6) is 5.88 Å². The summed E-state index contributed by atoms with van der Waals surface area (Å²) >= 11 is 1.05. The first-order chi connectivity index (χ1) is 25.0. The molecule has 5 unspecified atom stereocenters. The van der Waals surface area contributed by atoms with E-state index >= 15 is 0 Å². The largest absolute Gasteiger partial charge is 0.472 e. The van der Waals surface area contributed by atoms with Gasteiger partial charge in [-0.3, -0.25) is 24.1 Å². The first-order valence-corrected chi connectivity index (χ1v) is 20.5. The number of Topliss-reactive ketones (excluding diaryl/α,β-unsaturated/α-hetero) is 4. The molecule has 1 saturated heterocycles. The molecule has 0 amide bonds. The minimum atomic E-state index is -1.35. The number of hydrogen-bond acceptors (Lipinski definition) is 14. The maximum atomic E-state index is 14.8. The minimum Gasteiger partial charge on any atom is -0.472 e. The highest BCUT2D eigenvalue weighted by Crippen LogP contribution is 2.37. The van der Waals surface area contributed by atoms with Gasteiger partial charge in [0, 0.05) is 25.2 Å². The zero-order valence-electron chi connectivity index (χ0n) is 35.9. The fourth-order valence-electron chi connectivity index (χ4n) is 7.15. The van der Waals surface area contributed by atoms with Gasteiger partial charge in [-0.25, -0.2) is 0 Å². The molecule has 14 heteroatoms. The predicted molar refractivity (Wildman–Crippen MR) is 212 cm³/mol. The van der Waals surface area contributed by atoms with Crippen molar-refractivity contribution in [2.45, 2.75) is 182 Å². The lowest BCUT2D eigenvalue weighted by Gasteiger charge is -2.52. The SMILES string of the molecule is CCC(C)(OC(C)C(=O)C(C)(CC)O[C@H](COc1nsnc1N1CCOCC1)CN(C(C)(C)C)C(CC)(CC)C(=O)C(C)OC(C)(CC)C(C)=O)C(C)=O. The third-order valence-corrected chi connectivity index (χ3v) is 12.1. The third-order valence-electron chi connectivity index (χ3n) is 11.6. The van der Waals surface area contributed by atoms with Gasteiger partial charge in [-0.05, 0) is 101 Å². The van der Waals surface area contributed by atoms with Crippen molar-refractivity contribution in [3.8, 4) is 5.88 Å². The van der Waals surface area contributed by atoms with Gasteiger partial charge in [0.2, 0.25) is 5.82 Å². The first kappa shape index (κ1) is 47.8. The fourth-order valence-corrected chi connectivity index (χ4v) is 7.67. The van der Waals surface area contributed by atoms with E-state index in [1.807, 2.05) is 55.4 Å². The smallest absolute Gasteiger partial charge is 0.270 e. The standard InChI is InChI=1S/C40H70N4O9S/c1-16-37(13,29(8)45)51-27(6)32(47)39(15,18-3)53-31(26-50-35-34(41-54-42-35)43-21-23-49-24-22-43)25-44(36(10,11)12)40(19-4,20-5)33(48)28(7)52-38(14,17-2)30(9)46/h27-28,31H,16-26H2,1-15H3/t27?,28?,31-,37?,38?,39?/m0/s1. The van der Waals surface area contributed by atoms with Crippen molar-refractivity contribution in [2.24, 2.45) is 0 Å². The Morgan fingerprint density at radius 1 is 0.741 bits per heavy atom. The summed E-state index contributed by atoms with van der Waals surface area (Å²) in [6.07, 6.45) is -0.534. The Labute approximate surface area is 328 Å². The zero-order valence-corrected chi connectivity index (χ0v) is 36.7.